The molecule has 2 aliphatic rings. The zero-order valence-electron chi connectivity index (χ0n) is 14.9. The van der Waals surface area contributed by atoms with E-state index in [0.29, 0.717) is 17.7 Å². The van der Waals surface area contributed by atoms with E-state index in [1.54, 1.807) is 35.3 Å². The lowest BCUT2D eigenvalue weighted by Crippen LogP contribution is -2.98. The molecule has 0 unspecified atom stereocenters. The summed E-state index contributed by atoms with van der Waals surface area (Å²) in [7, 11) is 2.69. The van der Waals surface area contributed by atoms with E-state index >= 15 is 0 Å². The van der Waals surface area contributed by atoms with Gasteiger partial charge in [0.1, 0.15) is 23.7 Å². The van der Waals surface area contributed by atoms with Gasteiger partial charge in [0.2, 0.25) is 17.4 Å². The molecule has 6 nitrogen and oxygen atoms in total. The first kappa shape index (κ1) is 18.8. The topological polar surface area (TPSA) is 80.3 Å². The van der Waals surface area contributed by atoms with Crippen molar-refractivity contribution in [3.8, 4) is 0 Å². The van der Waals surface area contributed by atoms with Crippen LogP contribution in [0, 0.1) is 17.7 Å². The van der Waals surface area contributed by atoms with Crippen molar-refractivity contribution in [3.63, 3.8) is 0 Å². The maximum Gasteiger partial charge on any atom is 0.368 e. The normalized spacial score (nSPS) is 30.6. The smallest absolute Gasteiger partial charge is 0.368 e. The van der Waals surface area contributed by atoms with Gasteiger partial charge >= 0.3 is 5.97 Å². The average molecular weight is 381 g/mol. The van der Waals surface area contributed by atoms with Crippen molar-refractivity contribution in [2.75, 3.05) is 26.2 Å². The number of rotatable bonds is 5. The number of hydrogen-bond donors (Lipinski definition) is 1. The summed E-state index contributed by atoms with van der Waals surface area (Å²) in [6.45, 7) is 0. The predicted molar refractivity (Wildman–Crippen MR) is 93.6 cm³/mol. The summed E-state index contributed by atoms with van der Waals surface area (Å²) in [5.41, 5.74) is -0.902. The van der Waals surface area contributed by atoms with Crippen LogP contribution in [-0.4, -0.2) is 54.4 Å². The first-order chi connectivity index (χ1) is 12.4. The van der Waals surface area contributed by atoms with Gasteiger partial charge in [-0.05, 0) is 18.1 Å². The number of carbonyl (C=O) groups is 3. The van der Waals surface area contributed by atoms with Crippen LogP contribution in [0.4, 0.5) is 4.39 Å². The third-order valence-electron chi connectivity index (χ3n) is 5.54. The Morgan fingerprint density at radius 1 is 1.35 bits per heavy atom. The first-order valence-corrected chi connectivity index (χ1v) is 9.77. The van der Waals surface area contributed by atoms with Gasteiger partial charge in [0.25, 0.3) is 0 Å². The lowest BCUT2D eigenvalue weighted by Gasteiger charge is -2.28. The Bertz CT molecular complexity index is 758. The molecule has 0 saturated carbocycles. The Balaban J connectivity index is 2.15. The van der Waals surface area contributed by atoms with Crippen molar-refractivity contribution in [1.29, 1.82) is 0 Å². The zero-order valence-corrected chi connectivity index (χ0v) is 15.7. The number of thioether (sulfide) groups is 1. The molecule has 2 aliphatic heterocycles. The van der Waals surface area contributed by atoms with Crippen LogP contribution in [0.5, 0.6) is 0 Å². The lowest BCUT2D eigenvalue weighted by molar-refractivity contribution is -0.734. The molecule has 0 aliphatic carbocycles. The second kappa shape index (κ2) is 7.00. The van der Waals surface area contributed by atoms with E-state index in [1.807, 2.05) is 6.26 Å². The van der Waals surface area contributed by atoms with Crippen LogP contribution < -0.4 is 5.32 Å². The van der Waals surface area contributed by atoms with Crippen molar-refractivity contribution in [3.05, 3.63) is 35.6 Å². The molecular weight excluding hydrogens is 359 g/mol. The van der Waals surface area contributed by atoms with Gasteiger partial charge in [-0.25, -0.2) is 9.18 Å². The number of carbonyl (C=O) groups excluding carboxylic acids is 3. The van der Waals surface area contributed by atoms with Crippen LogP contribution in [-0.2, 0) is 19.1 Å². The lowest BCUT2D eigenvalue weighted by atomic mass is 9.78. The number of benzene rings is 1. The van der Waals surface area contributed by atoms with Gasteiger partial charge in [0.15, 0.2) is 0 Å². The number of halogens is 1. The molecule has 2 amide bonds. The van der Waals surface area contributed by atoms with Crippen molar-refractivity contribution < 1.29 is 28.8 Å². The maximum atomic E-state index is 14.5. The Hall–Kier alpha value is -1.93. The van der Waals surface area contributed by atoms with Crippen molar-refractivity contribution in [1.82, 2.24) is 4.90 Å². The van der Waals surface area contributed by atoms with Crippen LogP contribution in [0.25, 0.3) is 0 Å². The van der Waals surface area contributed by atoms with E-state index in [1.165, 1.54) is 20.2 Å². The Morgan fingerprint density at radius 2 is 2.04 bits per heavy atom. The SMILES string of the molecule is COC(=O)[C@]1(CCSC)[NH2+][C@H](c2ccccc2F)[C@H]2C(=O)N(C)C(=O)[C@H]21. The summed E-state index contributed by atoms with van der Waals surface area (Å²) in [5.74, 6) is -2.80. The highest BCUT2D eigenvalue weighted by atomic mass is 32.2. The molecule has 140 valence electrons. The molecule has 0 aromatic heterocycles. The molecule has 1 aromatic carbocycles. The summed E-state index contributed by atoms with van der Waals surface area (Å²) in [5, 5.41) is 1.69. The molecule has 2 saturated heterocycles. The van der Waals surface area contributed by atoms with Crippen LogP contribution in [0.1, 0.15) is 18.0 Å². The van der Waals surface area contributed by atoms with Gasteiger partial charge in [-0.2, -0.15) is 11.8 Å². The van der Waals surface area contributed by atoms with Crippen LogP contribution in [0.15, 0.2) is 24.3 Å². The fraction of sp³-hybridized carbons (Fsp3) is 0.500. The van der Waals surface area contributed by atoms with E-state index in [-0.39, 0.29) is 5.91 Å². The van der Waals surface area contributed by atoms with E-state index < -0.39 is 41.1 Å². The number of hydrogen-bond acceptors (Lipinski definition) is 5. The van der Waals surface area contributed by atoms with Gasteiger partial charge < -0.3 is 10.1 Å². The summed E-state index contributed by atoms with van der Waals surface area (Å²) < 4.78 is 19.5. The van der Waals surface area contributed by atoms with E-state index in [9.17, 15) is 18.8 Å². The minimum Gasteiger partial charge on any atom is -0.464 e. The molecule has 0 radical (unpaired) electrons. The van der Waals surface area contributed by atoms with Gasteiger partial charge in [0, 0.05) is 19.0 Å². The van der Waals surface area contributed by atoms with Gasteiger partial charge in [-0.1, -0.05) is 18.2 Å². The summed E-state index contributed by atoms with van der Waals surface area (Å²) in [6, 6.07) is 5.53. The molecule has 2 fully saturated rings. The number of methoxy groups -OCH3 is 1. The van der Waals surface area contributed by atoms with Crippen LogP contribution in [0.2, 0.25) is 0 Å². The van der Waals surface area contributed by atoms with Crippen LogP contribution in [0.3, 0.4) is 0 Å². The number of nitrogens with zero attached hydrogens (tertiary/aromatic N) is 1. The number of esters is 1. The summed E-state index contributed by atoms with van der Waals surface area (Å²) in [6.07, 6.45) is 2.26. The third-order valence-corrected chi connectivity index (χ3v) is 6.15. The molecule has 1 aromatic rings. The molecule has 26 heavy (non-hydrogen) atoms. The standard InChI is InChI=1S/C18H21FN2O4S/c1-21-15(22)12-13(16(21)23)18(8-9-26-3,17(24)25-2)20-14(12)10-6-4-5-7-11(10)19/h4-7,12-14,20H,8-9H2,1-3H3/p+1/t12-,13-,14+,18+/m0/s1. The second-order valence-corrected chi connectivity index (χ2v) is 7.71. The molecule has 2 heterocycles. The number of fused-ring (bicyclic) bond motifs is 1. The van der Waals surface area contributed by atoms with E-state index in [2.05, 4.69) is 0 Å². The minimum atomic E-state index is -1.23. The van der Waals surface area contributed by atoms with Crippen molar-refractivity contribution >= 4 is 29.5 Å². The number of ether oxygens (including phenoxy) is 1. The second-order valence-electron chi connectivity index (χ2n) is 6.73. The highest BCUT2D eigenvalue weighted by molar-refractivity contribution is 7.98. The Kier molecular flexibility index (Phi) is 5.07. The summed E-state index contributed by atoms with van der Waals surface area (Å²) in [4.78, 5) is 39.4. The van der Waals surface area contributed by atoms with Gasteiger partial charge in [-0.3, -0.25) is 14.5 Å². The fourth-order valence-corrected chi connectivity index (χ4v) is 4.83. The highest BCUT2D eigenvalue weighted by Gasteiger charge is 2.71. The Labute approximate surface area is 155 Å². The molecule has 0 bridgehead atoms. The third kappa shape index (κ3) is 2.63. The fourth-order valence-electron chi connectivity index (χ4n) is 4.29. The number of amides is 2. The molecule has 0 spiro atoms. The predicted octanol–water partition coefficient (Wildman–Crippen LogP) is 0.340. The number of quaternary nitrogens is 1. The molecule has 2 N–H and O–H groups in total. The molecule has 3 rings (SSSR count). The van der Waals surface area contributed by atoms with Crippen molar-refractivity contribution in [2.24, 2.45) is 11.8 Å². The largest absolute Gasteiger partial charge is 0.464 e. The summed E-state index contributed by atoms with van der Waals surface area (Å²) >= 11 is 1.54. The Morgan fingerprint density at radius 3 is 2.65 bits per heavy atom. The quantitative estimate of drug-likeness (QED) is 0.588. The van der Waals surface area contributed by atoms with Crippen LogP contribution >= 0.6 is 11.8 Å². The first-order valence-electron chi connectivity index (χ1n) is 8.38. The van der Waals surface area contributed by atoms with Crippen molar-refractivity contribution in [2.45, 2.75) is 18.0 Å². The highest BCUT2D eigenvalue weighted by Crippen LogP contribution is 2.45. The molecule has 8 heteroatoms. The van der Waals surface area contributed by atoms with Gasteiger partial charge in [0.05, 0.1) is 7.11 Å². The molecule has 4 atom stereocenters. The van der Waals surface area contributed by atoms with Gasteiger partial charge in [-0.15, -0.1) is 0 Å². The zero-order chi connectivity index (χ0) is 19.1. The van der Waals surface area contributed by atoms with E-state index in [0.717, 1.165) is 4.90 Å². The monoisotopic (exact) mass is 381 g/mol. The van der Waals surface area contributed by atoms with E-state index in [4.69, 9.17) is 4.74 Å². The maximum absolute atomic E-state index is 14.5. The number of imide groups is 1. The average Bonchev–Trinajstić information content (AvgIpc) is 3.10. The molecular formula is C18H22FN2O4S+. The number of nitrogens with two attached hydrogens (primary N) is 1. The minimum absolute atomic E-state index is 0.328. The number of likely N-dealkylation sites (tertiary alicyclic amines) is 1.